The highest BCUT2D eigenvalue weighted by molar-refractivity contribution is 8.76. The summed E-state index contributed by atoms with van der Waals surface area (Å²) in [6.07, 6.45) is -2.93. The SMILES string of the molecule is CSS[C@@H](C)CC(F)(F)F. The van der Waals surface area contributed by atoms with Crippen molar-refractivity contribution in [2.45, 2.75) is 24.8 Å². The lowest BCUT2D eigenvalue weighted by Crippen LogP contribution is -2.13. The zero-order chi connectivity index (χ0) is 8.20. The number of alkyl halides is 3. The fourth-order valence-corrected chi connectivity index (χ4v) is 2.30. The maximum atomic E-state index is 11.6. The largest absolute Gasteiger partial charge is 0.390 e. The van der Waals surface area contributed by atoms with Crippen LogP contribution >= 0.6 is 21.6 Å². The van der Waals surface area contributed by atoms with E-state index in [4.69, 9.17) is 0 Å². The van der Waals surface area contributed by atoms with Gasteiger partial charge in [0.25, 0.3) is 0 Å². The average Bonchev–Trinajstić information content (AvgIpc) is 1.59. The van der Waals surface area contributed by atoms with Crippen LogP contribution in [0.5, 0.6) is 0 Å². The fourth-order valence-electron chi connectivity index (χ4n) is 0.524. The van der Waals surface area contributed by atoms with Gasteiger partial charge < -0.3 is 0 Å². The first-order valence-electron chi connectivity index (χ1n) is 2.72. The van der Waals surface area contributed by atoms with Crippen LogP contribution in [0.3, 0.4) is 0 Å². The lowest BCUT2D eigenvalue weighted by atomic mass is 10.3. The smallest absolute Gasteiger partial charge is 0.171 e. The summed E-state index contributed by atoms with van der Waals surface area (Å²) in [4.78, 5) is 0. The standard InChI is InChI=1S/C5H9F3S2/c1-4(10-9-2)3-5(6,7)8/h4H,3H2,1-2H3/t4-/m0/s1. The van der Waals surface area contributed by atoms with Crippen molar-refractivity contribution in [3.05, 3.63) is 0 Å². The van der Waals surface area contributed by atoms with Crippen LogP contribution in [0.2, 0.25) is 0 Å². The maximum absolute atomic E-state index is 11.6. The van der Waals surface area contributed by atoms with E-state index >= 15 is 0 Å². The Kier molecular flexibility index (Phi) is 4.60. The second-order valence-electron chi connectivity index (χ2n) is 1.89. The van der Waals surface area contributed by atoms with Crippen molar-refractivity contribution in [2.24, 2.45) is 0 Å². The molecule has 0 amide bonds. The summed E-state index contributed by atoms with van der Waals surface area (Å²) in [6, 6.07) is 0. The van der Waals surface area contributed by atoms with Crippen molar-refractivity contribution in [3.8, 4) is 0 Å². The molecule has 0 aliphatic rings. The van der Waals surface area contributed by atoms with Gasteiger partial charge in [-0.3, -0.25) is 0 Å². The third-order valence-corrected chi connectivity index (χ3v) is 3.03. The van der Waals surface area contributed by atoms with Gasteiger partial charge in [0, 0.05) is 5.25 Å². The summed E-state index contributed by atoms with van der Waals surface area (Å²) in [5, 5.41) is -0.338. The van der Waals surface area contributed by atoms with Crippen LogP contribution in [-0.4, -0.2) is 17.7 Å². The summed E-state index contributed by atoms with van der Waals surface area (Å²) in [6.45, 7) is 1.58. The molecular formula is C5H9F3S2. The van der Waals surface area contributed by atoms with Crippen LogP contribution in [0.1, 0.15) is 13.3 Å². The van der Waals surface area contributed by atoms with E-state index in [9.17, 15) is 13.2 Å². The van der Waals surface area contributed by atoms with Crippen LogP contribution in [0.25, 0.3) is 0 Å². The maximum Gasteiger partial charge on any atom is 0.390 e. The summed E-state index contributed by atoms with van der Waals surface area (Å²) in [7, 11) is 2.62. The molecule has 0 aromatic carbocycles. The minimum Gasteiger partial charge on any atom is -0.171 e. The van der Waals surface area contributed by atoms with Crippen molar-refractivity contribution < 1.29 is 13.2 Å². The topological polar surface area (TPSA) is 0 Å². The van der Waals surface area contributed by atoms with E-state index in [-0.39, 0.29) is 5.25 Å². The molecular weight excluding hydrogens is 181 g/mol. The van der Waals surface area contributed by atoms with Gasteiger partial charge in [0.15, 0.2) is 0 Å². The minimum atomic E-state index is -4.01. The van der Waals surface area contributed by atoms with E-state index in [0.717, 1.165) is 0 Å². The summed E-state index contributed by atoms with van der Waals surface area (Å²) in [5.74, 6) is 0. The van der Waals surface area contributed by atoms with E-state index in [1.165, 1.54) is 21.6 Å². The Morgan fingerprint density at radius 1 is 1.40 bits per heavy atom. The molecule has 5 heteroatoms. The first-order chi connectivity index (χ1) is 4.45. The second-order valence-corrected chi connectivity index (χ2v) is 4.80. The van der Waals surface area contributed by atoms with E-state index in [0.29, 0.717) is 0 Å². The van der Waals surface area contributed by atoms with Gasteiger partial charge >= 0.3 is 6.18 Å². The molecule has 0 heterocycles. The van der Waals surface area contributed by atoms with Crippen molar-refractivity contribution in [3.63, 3.8) is 0 Å². The molecule has 0 spiro atoms. The molecule has 10 heavy (non-hydrogen) atoms. The van der Waals surface area contributed by atoms with Gasteiger partial charge in [0.05, 0.1) is 6.42 Å². The van der Waals surface area contributed by atoms with Crippen LogP contribution in [0, 0.1) is 0 Å². The summed E-state index contributed by atoms with van der Waals surface area (Å²) >= 11 is 0. The van der Waals surface area contributed by atoms with Crippen LogP contribution < -0.4 is 0 Å². The Bertz CT molecular complexity index is 91.4. The third kappa shape index (κ3) is 6.61. The van der Waals surface area contributed by atoms with Gasteiger partial charge in [0.1, 0.15) is 0 Å². The minimum absolute atomic E-state index is 0.338. The Morgan fingerprint density at radius 2 is 1.90 bits per heavy atom. The molecule has 0 nitrogen and oxygen atoms in total. The van der Waals surface area contributed by atoms with Crippen LogP contribution in [0.4, 0.5) is 13.2 Å². The molecule has 0 aromatic rings. The van der Waals surface area contributed by atoms with Gasteiger partial charge in [-0.2, -0.15) is 13.2 Å². The van der Waals surface area contributed by atoms with Gasteiger partial charge in [-0.15, -0.1) is 0 Å². The van der Waals surface area contributed by atoms with Crippen LogP contribution in [-0.2, 0) is 0 Å². The summed E-state index contributed by atoms with van der Waals surface area (Å²) in [5.41, 5.74) is 0. The normalized spacial score (nSPS) is 15.3. The van der Waals surface area contributed by atoms with Crippen molar-refractivity contribution >= 4 is 21.6 Å². The van der Waals surface area contributed by atoms with Gasteiger partial charge in [-0.1, -0.05) is 28.5 Å². The molecule has 0 aromatic heterocycles. The first kappa shape index (κ1) is 10.5. The zero-order valence-corrected chi connectivity index (χ0v) is 7.37. The average molecular weight is 190 g/mol. The number of hydrogen-bond donors (Lipinski definition) is 0. The molecule has 62 valence electrons. The molecule has 0 rings (SSSR count). The van der Waals surface area contributed by atoms with Crippen LogP contribution in [0.15, 0.2) is 0 Å². The van der Waals surface area contributed by atoms with E-state index in [2.05, 4.69) is 0 Å². The highest BCUT2D eigenvalue weighted by atomic mass is 33.1. The van der Waals surface area contributed by atoms with E-state index in [1.807, 2.05) is 0 Å². The van der Waals surface area contributed by atoms with Gasteiger partial charge in [-0.05, 0) is 6.26 Å². The van der Waals surface area contributed by atoms with E-state index < -0.39 is 12.6 Å². The predicted molar refractivity (Wildman–Crippen MR) is 41.2 cm³/mol. The molecule has 1 atom stereocenters. The lowest BCUT2D eigenvalue weighted by Gasteiger charge is -2.10. The highest BCUT2D eigenvalue weighted by Gasteiger charge is 2.29. The Hall–Kier alpha value is 0.490. The van der Waals surface area contributed by atoms with Gasteiger partial charge in [0.2, 0.25) is 0 Å². The van der Waals surface area contributed by atoms with E-state index in [1.54, 1.807) is 13.2 Å². The van der Waals surface area contributed by atoms with Gasteiger partial charge in [-0.25, -0.2) is 0 Å². The monoisotopic (exact) mass is 190 g/mol. The third-order valence-electron chi connectivity index (χ3n) is 0.779. The molecule has 0 unspecified atom stereocenters. The number of hydrogen-bond acceptors (Lipinski definition) is 2. The number of rotatable bonds is 3. The first-order valence-corrected chi connectivity index (χ1v) is 5.34. The Balaban J connectivity index is 3.47. The molecule has 0 aliphatic carbocycles. The molecule has 0 bridgehead atoms. The molecule has 0 N–H and O–H groups in total. The molecule has 0 saturated carbocycles. The molecule has 0 aliphatic heterocycles. The molecule has 0 fully saturated rings. The lowest BCUT2D eigenvalue weighted by molar-refractivity contribution is -0.133. The molecule has 0 saturated heterocycles. The fraction of sp³-hybridized carbons (Fsp3) is 1.00. The summed E-state index contributed by atoms with van der Waals surface area (Å²) < 4.78 is 34.8. The predicted octanol–water partition coefficient (Wildman–Crippen LogP) is 3.34. The zero-order valence-electron chi connectivity index (χ0n) is 5.73. The van der Waals surface area contributed by atoms with Crippen molar-refractivity contribution in [2.75, 3.05) is 6.26 Å². The highest BCUT2D eigenvalue weighted by Crippen LogP contribution is 2.32. The Labute approximate surface area is 66.3 Å². The molecule has 0 radical (unpaired) electrons. The Morgan fingerprint density at radius 3 is 2.20 bits per heavy atom. The number of halogens is 3. The van der Waals surface area contributed by atoms with Crippen molar-refractivity contribution in [1.82, 2.24) is 0 Å². The van der Waals surface area contributed by atoms with Crippen molar-refractivity contribution in [1.29, 1.82) is 0 Å². The second kappa shape index (κ2) is 4.38. The quantitative estimate of drug-likeness (QED) is 0.626.